The van der Waals surface area contributed by atoms with Crippen molar-refractivity contribution in [3.05, 3.63) is 63.0 Å². The highest BCUT2D eigenvalue weighted by Gasteiger charge is 2.40. The summed E-state index contributed by atoms with van der Waals surface area (Å²) in [7, 11) is 0. The fraction of sp³-hybridized carbons (Fsp3) is 0.333. The number of carbonyl (C=O) groups excluding carboxylic acids is 2. The van der Waals surface area contributed by atoms with Crippen molar-refractivity contribution >= 4 is 24.2 Å². The molecule has 0 bridgehead atoms. The summed E-state index contributed by atoms with van der Waals surface area (Å²) in [5, 5.41) is 0. The Morgan fingerprint density at radius 2 is 2.07 bits per heavy atom. The van der Waals surface area contributed by atoms with Gasteiger partial charge in [0.25, 0.3) is 0 Å². The van der Waals surface area contributed by atoms with Gasteiger partial charge in [0, 0.05) is 13.3 Å². The molecule has 2 aromatic rings. The summed E-state index contributed by atoms with van der Waals surface area (Å²) in [6.45, 7) is 1.09. The first kappa shape index (κ1) is 19.9. The van der Waals surface area contributed by atoms with E-state index in [0.29, 0.717) is 5.56 Å². The molecule has 3 rings (SSSR count). The maximum Gasteiger partial charge on any atom is 0.338 e. The van der Waals surface area contributed by atoms with E-state index in [9.17, 15) is 18.8 Å². The van der Waals surface area contributed by atoms with Crippen LogP contribution in [0.2, 0.25) is 0 Å². The van der Waals surface area contributed by atoms with Gasteiger partial charge < -0.3 is 14.2 Å². The minimum Gasteiger partial charge on any atom is -0.459 e. The zero-order chi connectivity index (χ0) is 20.3. The van der Waals surface area contributed by atoms with Gasteiger partial charge in [-0.1, -0.05) is 30.4 Å². The van der Waals surface area contributed by atoms with Gasteiger partial charge in [-0.05, 0) is 12.1 Å². The number of benzene rings is 1. The number of carbonyl (C=O) groups is 2. The second-order valence-electron chi connectivity index (χ2n) is 6.14. The number of aromatic nitrogens is 2. The van der Waals surface area contributed by atoms with E-state index in [4.69, 9.17) is 14.2 Å². The van der Waals surface area contributed by atoms with Crippen LogP contribution in [0, 0.1) is 10.5 Å². The van der Waals surface area contributed by atoms with Crippen LogP contribution in [-0.4, -0.2) is 40.3 Å². The number of esters is 2. The number of halogens is 1. The normalized spacial score (nSPS) is 21.3. The molecule has 0 saturated carbocycles. The SMILES string of the molecule is CC(=O)OC1C[C@H](COC(=O)c2ccccc2)O[C@@H]1n1cc(F)c(=S)[nH]c1=O. The smallest absolute Gasteiger partial charge is 0.338 e. The summed E-state index contributed by atoms with van der Waals surface area (Å²) < 4.78 is 30.5. The first-order valence-corrected chi connectivity index (χ1v) is 8.82. The van der Waals surface area contributed by atoms with Crippen LogP contribution in [0.1, 0.15) is 29.9 Å². The van der Waals surface area contributed by atoms with Gasteiger partial charge in [0.05, 0.1) is 17.9 Å². The highest BCUT2D eigenvalue weighted by molar-refractivity contribution is 7.71. The van der Waals surface area contributed by atoms with E-state index in [1.807, 2.05) is 0 Å². The third-order valence-corrected chi connectivity index (χ3v) is 4.37. The number of nitrogens with one attached hydrogen (secondary N) is 1. The minimum atomic E-state index is -1.09. The van der Waals surface area contributed by atoms with Crippen molar-refractivity contribution in [2.45, 2.75) is 31.8 Å². The summed E-state index contributed by atoms with van der Waals surface area (Å²) in [6, 6.07) is 8.40. The van der Waals surface area contributed by atoms with E-state index in [0.717, 1.165) is 10.8 Å². The fourth-order valence-corrected chi connectivity index (χ4v) is 3.00. The van der Waals surface area contributed by atoms with Gasteiger partial charge in [0.15, 0.2) is 12.0 Å². The molecule has 0 spiro atoms. The number of hydrogen-bond acceptors (Lipinski definition) is 7. The predicted octanol–water partition coefficient (Wildman–Crippen LogP) is 2.12. The first-order valence-electron chi connectivity index (χ1n) is 8.41. The molecule has 1 aliphatic rings. The largest absolute Gasteiger partial charge is 0.459 e. The Hall–Kier alpha value is -2.85. The molecule has 3 atom stereocenters. The molecule has 0 radical (unpaired) electrons. The van der Waals surface area contributed by atoms with Crippen molar-refractivity contribution in [3.63, 3.8) is 0 Å². The molecule has 1 unspecified atom stereocenters. The Morgan fingerprint density at radius 1 is 1.36 bits per heavy atom. The zero-order valence-electron chi connectivity index (χ0n) is 14.8. The summed E-state index contributed by atoms with van der Waals surface area (Å²) in [4.78, 5) is 37.8. The standard InChI is InChI=1S/C18H17FN2O6S/c1-10(22)26-14-7-12(9-25-17(23)11-5-3-2-4-6-11)27-16(14)21-8-13(19)15(28)20-18(21)24/h2-6,8,12,14,16H,7,9H2,1H3,(H,20,24,28)/t12-,14?,16+/m1/s1. The van der Waals surface area contributed by atoms with Crippen molar-refractivity contribution in [3.8, 4) is 0 Å². The van der Waals surface area contributed by atoms with Crippen molar-refractivity contribution < 1.29 is 28.2 Å². The summed E-state index contributed by atoms with van der Waals surface area (Å²) in [6.07, 6.45) is -1.55. The number of aromatic amines is 1. The average Bonchev–Trinajstić information content (AvgIpc) is 3.05. The van der Waals surface area contributed by atoms with Gasteiger partial charge in [-0.3, -0.25) is 14.3 Å². The van der Waals surface area contributed by atoms with Crippen LogP contribution >= 0.6 is 12.2 Å². The lowest BCUT2D eigenvalue weighted by molar-refractivity contribution is -0.152. The van der Waals surface area contributed by atoms with Crippen molar-refractivity contribution in [2.75, 3.05) is 6.61 Å². The van der Waals surface area contributed by atoms with Gasteiger partial charge in [0.1, 0.15) is 17.4 Å². The van der Waals surface area contributed by atoms with Crippen LogP contribution < -0.4 is 5.69 Å². The topological polar surface area (TPSA) is 99.6 Å². The number of ether oxygens (including phenoxy) is 3. The maximum absolute atomic E-state index is 13.8. The van der Waals surface area contributed by atoms with Gasteiger partial charge in [-0.15, -0.1) is 0 Å². The molecule has 0 aliphatic carbocycles. The first-order chi connectivity index (χ1) is 13.3. The van der Waals surface area contributed by atoms with Crippen molar-refractivity contribution in [1.82, 2.24) is 9.55 Å². The maximum atomic E-state index is 13.8. The molecule has 2 heterocycles. The van der Waals surface area contributed by atoms with Crippen molar-refractivity contribution in [1.29, 1.82) is 0 Å². The van der Waals surface area contributed by atoms with E-state index in [1.165, 1.54) is 6.92 Å². The molecule has 8 nitrogen and oxygen atoms in total. The number of H-pyrrole nitrogens is 1. The third-order valence-electron chi connectivity index (χ3n) is 4.07. The Morgan fingerprint density at radius 3 is 2.75 bits per heavy atom. The molecule has 10 heteroatoms. The molecule has 1 aliphatic heterocycles. The molecule has 1 fully saturated rings. The van der Waals surface area contributed by atoms with E-state index in [1.54, 1.807) is 30.3 Å². The molecule has 1 aromatic carbocycles. The lowest BCUT2D eigenvalue weighted by atomic mass is 10.2. The fourth-order valence-electron chi connectivity index (χ4n) is 2.86. The number of hydrogen-bond donors (Lipinski definition) is 1. The van der Waals surface area contributed by atoms with E-state index < -0.39 is 41.9 Å². The highest BCUT2D eigenvalue weighted by atomic mass is 32.1. The number of nitrogens with zero attached hydrogens (tertiary/aromatic N) is 1. The molecule has 0 amide bonds. The molecule has 1 aromatic heterocycles. The molecular weight excluding hydrogens is 391 g/mol. The number of rotatable bonds is 5. The van der Waals surface area contributed by atoms with Gasteiger partial charge in [-0.25, -0.2) is 14.0 Å². The van der Waals surface area contributed by atoms with Crippen molar-refractivity contribution in [2.24, 2.45) is 0 Å². The summed E-state index contributed by atoms with van der Waals surface area (Å²) >= 11 is 4.69. The molecule has 148 valence electrons. The van der Waals surface area contributed by atoms with E-state index in [-0.39, 0.29) is 17.7 Å². The Kier molecular flexibility index (Phi) is 6.00. The van der Waals surface area contributed by atoms with Crippen LogP contribution in [-0.2, 0) is 19.0 Å². The van der Waals surface area contributed by atoms with E-state index in [2.05, 4.69) is 17.2 Å². The predicted molar refractivity (Wildman–Crippen MR) is 96.7 cm³/mol. The van der Waals surface area contributed by atoms with Crippen LogP contribution in [0.4, 0.5) is 4.39 Å². The van der Waals surface area contributed by atoms with Crippen LogP contribution in [0.15, 0.2) is 41.3 Å². The van der Waals surface area contributed by atoms with E-state index >= 15 is 0 Å². The van der Waals surface area contributed by atoms with Gasteiger partial charge in [0.2, 0.25) is 0 Å². The average molecular weight is 408 g/mol. The zero-order valence-corrected chi connectivity index (χ0v) is 15.6. The van der Waals surface area contributed by atoms with Crippen LogP contribution in [0.25, 0.3) is 0 Å². The lowest BCUT2D eigenvalue weighted by Crippen LogP contribution is -2.34. The molecular formula is C18H17FN2O6S. The summed E-state index contributed by atoms with van der Waals surface area (Å²) in [5.74, 6) is -1.94. The minimum absolute atomic E-state index is 0.123. The quantitative estimate of drug-likeness (QED) is 0.598. The Bertz CT molecular complexity index is 990. The summed E-state index contributed by atoms with van der Waals surface area (Å²) in [5.41, 5.74) is -0.335. The van der Waals surface area contributed by atoms with Gasteiger partial charge >= 0.3 is 17.6 Å². The van der Waals surface area contributed by atoms with Crippen LogP contribution in [0.5, 0.6) is 0 Å². The second kappa shape index (κ2) is 8.44. The second-order valence-corrected chi connectivity index (χ2v) is 6.55. The Labute approximate surface area is 163 Å². The third kappa shape index (κ3) is 4.52. The Balaban J connectivity index is 1.75. The lowest BCUT2D eigenvalue weighted by Gasteiger charge is -2.20. The van der Waals surface area contributed by atoms with Gasteiger partial charge in [-0.2, -0.15) is 0 Å². The molecule has 1 saturated heterocycles. The molecule has 1 N–H and O–H groups in total. The molecule has 28 heavy (non-hydrogen) atoms. The monoisotopic (exact) mass is 408 g/mol. The van der Waals surface area contributed by atoms with Crippen LogP contribution in [0.3, 0.4) is 0 Å². The highest BCUT2D eigenvalue weighted by Crippen LogP contribution is 2.31.